The Kier molecular flexibility index (Phi) is 3.64. The average molecular weight is 267 g/mol. The van der Waals surface area contributed by atoms with Crippen LogP contribution in [0.1, 0.15) is 25.7 Å². The molecule has 0 spiro atoms. The number of hydroxylamine groups is 2. The molecule has 2 amide bonds. The molecule has 2 unspecified atom stereocenters. The van der Waals surface area contributed by atoms with Crippen LogP contribution in [0.25, 0.3) is 0 Å². The molecule has 0 aromatic rings. The summed E-state index contributed by atoms with van der Waals surface area (Å²) in [5, 5.41) is 9.47. The molecule has 2 aliphatic rings. The maximum Gasteiger partial charge on any atom is 0.340 e. The van der Waals surface area contributed by atoms with Gasteiger partial charge < -0.3 is 9.94 Å². The highest BCUT2D eigenvalue weighted by Gasteiger charge is 2.39. The van der Waals surface area contributed by atoms with Crippen LogP contribution in [-0.2, 0) is 24.0 Å². The number of aliphatic carboxylic acids is 1. The van der Waals surface area contributed by atoms with Gasteiger partial charge >= 0.3 is 11.9 Å². The number of amides is 2. The van der Waals surface area contributed by atoms with Crippen LogP contribution in [0.2, 0.25) is 0 Å². The molecule has 1 aliphatic carbocycles. The summed E-state index contributed by atoms with van der Waals surface area (Å²) < 4.78 is 0. The fraction of sp³-hybridized carbons (Fsp3) is 0.500. The Bertz CT molecular complexity index is 453. The fourth-order valence-electron chi connectivity index (χ4n) is 2.16. The molecule has 0 radical (unpaired) electrons. The number of hydrogen-bond acceptors (Lipinski definition) is 5. The molecule has 2 atom stereocenters. The second-order valence-corrected chi connectivity index (χ2v) is 4.47. The van der Waals surface area contributed by atoms with Crippen LogP contribution in [0.15, 0.2) is 12.2 Å². The normalized spacial score (nSPS) is 26.6. The van der Waals surface area contributed by atoms with Crippen molar-refractivity contribution in [2.75, 3.05) is 0 Å². The summed E-state index contributed by atoms with van der Waals surface area (Å²) in [5.41, 5.74) is 0. The van der Waals surface area contributed by atoms with Crippen LogP contribution >= 0.6 is 0 Å². The van der Waals surface area contributed by atoms with Crippen LogP contribution in [0.3, 0.4) is 0 Å². The van der Waals surface area contributed by atoms with E-state index < -0.39 is 35.6 Å². The molecular weight excluding hydrogens is 254 g/mol. The van der Waals surface area contributed by atoms with Gasteiger partial charge in [0, 0.05) is 12.8 Å². The molecule has 0 saturated carbocycles. The van der Waals surface area contributed by atoms with Crippen molar-refractivity contribution in [2.45, 2.75) is 25.7 Å². The number of nitrogens with zero attached hydrogens (tertiary/aromatic N) is 1. The van der Waals surface area contributed by atoms with Gasteiger partial charge in [-0.15, -0.1) is 5.06 Å². The molecule has 2 rings (SSSR count). The van der Waals surface area contributed by atoms with Crippen LogP contribution in [0.4, 0.5) is 0 Å². The first-order chi connectivity index (χ1) is 9.00. The zero-order chi connectivity index (χ0) is 14.0. The maximum absolute atomic E-state index is 11.9. The molecule has 0 aromatic carbocycles. The van der Waals surface area contributed by atoms with Crippen molar-refractivity contribution in [3.05, 3.63) is 12.2 Å². The number of carbonyl (C=O) groups excluding carboxylic acids is 3. The molecule has 0 bridgehead atoms. The number of allylic oxidation sites excluding steroid dienone is 1. The minimum atomic E-state index is -1.09. The van der Waals surface area contributed by atoms with Crippen molar-refractivity contribution < 1.29 is 29.1 Å². The molecule has 1 saturated heterocycles. The van der Waals surface area contributed by atoms with Crippen LogP contribution in [0.5, 0.6) is 0 Å². The number of carboxylic acids is 1. The summed E-state index contributed by atoms with van der Waals surface area (Å²) in [7, 11) is 0. The number of carboxylic acid groups (broad SMARTS) is 1. The quantitative estimate of drug-likeness (QED) is 0.581. The molecule has 1 fully saturated rings. The zero-order valence-corrected chi connectivity index (χ0v) is 10.1. The first-order valence-electron chi connectivity index (χ1n) is 5.97. The maximum atomic E-state index is 11.9. The summed E-state index contributed by atoms with van der Waals surface area (Å²) in [5.74, 6) is -4.98. The lowest BCUT2D eigenvalue weighted by Crippen LogP contribution is -2.38. The van der Waals surface area contributed by atoms with Crippen LogP contribution in [0, 0.1) is 11.8 Å². The van der Waals surface area contributed by atoms with Gasteiger partial charge in [-0.05, 0) is 12.8 Å². The summed E-state index contributed by atoms with van der Waals surface area (Å²) in [6, 6.07) is 0. The predicted molar refractivity (Wildman–Crippen MR) is 60.2 cm³/mol. The zero-order valence-electron chi connectivity index (χ0n) is 10.1. The van der Waals surface area contributed by atoms with Crippen molar-refractivity contribution in [3.63, 3.8) is 0 Å². The summed E-state index contributed by atoms with van der Waals surface area (Å²) in [6.45, 7) is 0. The first-order valence-corrected chi connectivity index (χ1v) is 5.97. The molecular formula is C12H13NO6. The average Bonchev–Trinajstić information content (AvgIpc) is 2.70. The number of carbonyl (C=O) groups is 4. The van der Waals surface area contributed by atoms with Gasteiger partial charge in [-0.1, -0.05) is 12.2 Å². The van der Waals surface area contributed by atoms with E-state index in [0.717, 1.165) is 0 Å². The second-order valence-electron chi connectivity index (χ2n) is 4.47. The standard InChI is InChI=1S/C12H13NO6/c14-9-5-6-10(15)13(9)19-12(18)8-4-2-1-3-7(8)11(16)17/h2,4,7-8H,1,3,5-6H2,(H,16,17). The minimum absolute atomic E-state index is 0.00891. The largest absolute Gasteiger partial charge is 0.481 e. The highest BCUT2D eigenvalue weighted by atomic mass is 16.7. The lowest BCUT2D eigenvalue weighted by Gasteiger charge is -2.23. The number of hydrogen-bond donors (Lipinski definition) is 1. The Labute approximate surface area is 108 Å². The van der Waals surface area contributed by atoms with E-state index in [1.807, 2.05) is 0 Å². The second kappa shape index (κ2) is 5.21. The van der Waals surface area contributed by atoms with E-state index in [-0.39, 0.29) is 12.8 Å². The van der Waals surface area contributed by atoms with Crippen molar-refractivity contribution >= 4 is 23.8 Å². The van der Waals surface area contributed by atoms with Gasteiger partial charge in [0.1, 0.15) is 0 Å². The van der Waals surface area contributed by atoms with E-state index in [0.29, 0.717) is 17.9 Å². The third-order valence-corrected chi connectivity index (χ3v) is 3.20. The van der Waals surface area contributed by atoms with Gasteiger partial charge in [-0.3, -0.25) is 14.4 Å². The molecule has 7 heteroatoms. The summed E-state index contributed by atoms with van der Waals surface area (Å²) in [6.07, 6.45) is 4.06. The smallest absolute Gasteiger partial charge is 0.340 e. The third-order valence-electron chi connectivity index (χ3n) is 3.20. The Morgan fingerprint density at radius 3 is 2.47 bits per heavy atom. The van der Waals surface area contributed by atoms with E-state index in [4.69, 9.17) is 9.94 Å². The summed E-state index contributed by atoms with van der Waals surface area (Å²) in [4.78, 5) is 50.3. The molecule has 0 aromatic heterocycles. The molecule has 7 nitrogen and oxygen atoms in total. The number of imide groups is 1. The van der Waals surface area contributed by atoms with Crippen molar-refractivity contribution in [3.8, 4) is 0 Å². The minimum Gasteiger partial charge on any atom is -0.481 e. The SMILES string of the molecule is O=C(ON1C(=O)CCC1=O)C1C=CCCC1C(=O)O. The van der Waals surface area contributed by atoms with Gasteiger partial charge in [-0.2, -0.15) is 0 Å². The van der Waals surface area contributed by atoms with Gasteiger partial charge in [0.05, 0.1) is 11.8 Å². The lowest BCUT2D eigenvalue weighted by atomic mass is 9.84. The first kappa shape index (κ1) is 13.3. The topological polar surface area (TPSA) is 101 Å². The third kappa shape index (κ3) is 2.64. The van der Waals surface area contributed by atoms with Crippen LogP contribution < -0.4 is 0 Å². The van der Waals surface area contributed by atoms with E-state index in [2.05, 4.69) is 0 Å². The Hall–Kier alpha value is -2.18. The Morgan fingerprint density at radius 1 is 1.26 bits per heavy atom. The summed E-state index contributed by atoms with van der Waals surface area (Å²) >= 11 is 0. The Morgan fingerprint density at radius 2 is 1.89 bits per heavy atom. The van der Waals surface area contributed by atoms with E-state index >= 15 is 0 Å². The molecule has 1 heterocycles. The molecule has 102 valence electrons. The van der Waals surface area contributed by atoms with Crippen molar-refractivity contribution in [2.24, 2.45) is 11.8 Å². The fourth-order valence-corrected chi connectivity index (χ4v) is 2.16. The van der Waals surface area contributed by atoms with Gasteiger partial charge in [0.25, 0.3) is 11.8 Å². The predicted octanol–water partition coefficient (Wildman–Crippen LogP) is 0.261. The molecule has 19 heavy (non-hydrogen) atoms. The van der Waals surface area contributed by atoms with Crippen molar-refractivity contribution in [1.29, 1.82) is 0 Å². The lowest BCUT2D eigenvalue weighted by molar-refractivity contribution is -0.201. The highest BCUT2D eigenvalue weighted by Crippen LogP contribution is 2.27. The molecule has 1 N–H and O–H groups in total. The van der Waals surface area contributed by atoms with Gasteiger partial charge in [-0.25, -0.2) is 4.79 Å². The van der Waals surface area contributed by atoms with Crippen molar-refractivity contribution in [1.82, 2.24) is 5.06 Å². The van der Waals surface area contributed by atoms with E-state index in [9.17, 15) is 19.2 Å². The van der Waals surface area contributed by atoms with E-state index in [1.54, 1.807) is 6.08 Å². The van der Waals surface area contributed by atoms with Gasteiger partial charge in [0.2, 0.25) is 0 Å². The highest BCUT2D eigenvalue weighted by molar-refractivity contribution is 6.01. The van der Waals surface area contributed by atoms with E-state index in [1.165, 1.54) is 6.08 Å². The van der Waals surface area contributed by atoms with Crippen LogP contribution in [-0.4, -0.2) is 33.9 Å². The Balaban J connectivity index is 2.08. The number of rotatable bonds is 3. The monoisotopic (exact) mass is 267 g/mol. The van der Waals surface area contributed by atoms with Gasteiger partial charge in [0.15, 0.2) is 0 Å². The molecule has 1 aliphatic heterocycles.